The second-order valence-corrected chi connectivity index (χ2v) is 9.12. The van der Waals surface area contributed by atoms with Crippen LogP contribution in [-0.2, 0) is 10.2 Å². The quantitative estimate of drug-likeness (QED) is 0.534. The van der Waals surface area contributed by atoms with Gasteiger partial charge in [-0.15, -0.1) is 0 Å². The zero-order valence-electron chi connectivity index (χ0n) is 18.1. The second kappa shape index (κ2) is 7.43. The van der Waals surface area contributed by atoms with Crippen molar-refractivity contribution in [3.05, 3.63) is 53.7 Å². The predicted octanol–water partition coefficient (Wildman–Crippen LogP) is 4.77. The van der Waals surface area contributed by atoms with Crippen LogP contribution in [0.5, 0.6) is 11.5 Å². The summed E-state index contributed by atoms with van der Waals surface area (Å²) in [5.74, 6) is 1.37. The fraction of sp³-hybridized carbons (Fsp3) is 0.360. The molecule has 6 rings (SSSR count). The first-order valence-electron chi connectivity index (χ1n) is 11.4. The largest absolute Gasteiger partial charge is 0.465 e. The molecule has 170 valence electrons. The van der Waals surface area contributed by atoms with Crippen LogP contribution in [0, 0.1) is 0 Å². The lowest BCUT2D eigenvalue weighted by atomic mass is 9.94. The lowest BCUT2D eigenvalue weighted by Crippen LogP contribution is -2.37. The van der Waals surface area contributed by atoms with Crippen molar-refractivity contribution >= 4 is 28.6 Å². The maximum atomic E-state index is 13.2. The molecule has 3 heterocycles. The van der Waals surface area contributed by atoms with E-state index in [1.165, 1.54) is 4.90 Å². The highest BCUT2D eigenvalue weighted by atomic mass is 16.7. The number of nitrogens with zero attached hydrogens (tertiary/aromatic N) is 1. The minimum Gasteiger partial charge on any atom is -0.465 e. The fourth-order valence-electron chi connectivity index (χ4n) is 5.11. The fourth-order valence-corrected chi connectivity index (χ4v) is 5.11. The van der Waals surface area contributed by atoms with E-state index in [1.807, 2.05) is 42.5 Å². The van der Waals surface area contributed by atoms with Gasteiger partial charge in [0.1, 0.15) is 0 Å². The molecule has 0 bridgehead atoms. The predicted molar refractivity (Wildman–Crippen MR) is 122 cm³/mol. The van der Waals surface area contributed by atoms with Gasteiger partial charge in [0.15, 0.2) is 11.5 Å². The smallest absolute Gasteiger partial charge is 0.407 e. The minimum absolute atomic E-state index is 0.0270. The Morgan fingerprint density at radius 2 is 1.91 bits per heavy atom. The van der Waals surface area contributed by atoms with Gasteiger partial charge in [0.2, 0.25) is 12.7 Å². The molecule has 8 nitrogen and oxygen atoms in total. The van der Waals surface area contributed by atoms with Crippen LogP contribution < -0.4 is 14.8 Å². The molecule has 3 aliphatic rings. The van der Waals surface area contributed by atoms with E-state index >= 15 is 0 Å². The first-order chi connectivity index (χ1) is 16.0. The third-order valence-corrected chi connectivity index (χ3v) is 7.12. The summed E-state index contributed by atoms with van der Waals surface area (Å²) in [7, 11) is 0. The summed E-state index contributed by atoms with van der Waals surface area (Å²) in [6.07, 6.45) is 3.41. The number of amides is 2. The third kappa shape index (κ3) is 3.37. The van der Waals surface area contributed by atoms with E-state index in [4.69, 9.17) is 9.47 Å². The van der Waals surface area contributed by atoms with Gasteiger partial charge in [-0.2, -0.15) is 0 Å². The van der Waals surface area contributed by atoms with Crippen LogP contribution in [0.1, 0.15) is 49.4 Å². The van der Waals surface area contributed by atoms with Crippen LogP contribution in [0.4, 0.5) is 10.5 Å². The first-order valence-corrected chi connectivity index (χ1v) is 11.4. The molecule has 1 aliphatic carbocycles. The van der Waals surface area contributed by atoms with E-state index in [-0.39, 0.29) is 18.7 Å². The van der Waals surface area contributed by atoms with Gasteiger partial charge in [-0.25, -0.2) is 4.79 Å². The Labute approximate surface area is 190 Å². The Bertz CT molecular complexity index is 1260. The van der Waals surface area contributed by atoms with E-state index in [1.54, 1.807) is 0 Å². The highest BCUT2D eigenvalue weighted by molar-refractivity contribution is 6.02. The van der Waals surface area contributed by atoms with Gasteiger partial charge in [0.25, 0.3) is 0 Å². The Balaban J connectivity index is 1.23. The summed E-state index contributed by atoms with van der Waals surface area (Å²) in [6, 6.07) is 13.3. The Hall–Kier alpha value is -3.68. The molecule has 3 N–H and O–H groups in total. The monoisotopic (exact) mass is 447 g/mol. The molecule has 2 amide bonds. The number of carboxylic acid groups (broad SMARTS) is 1. The summed E-state index contributed by atoms with van der Waals surface area (Å²) in [5, 5.41) is 13.6. The number of aromatic amines is 1. The summed E-state index contributed by atoms with van der Waals surface area (Å²) in [4.78, 5) is 29.8. The van der Waals surface area contributed by atoms with E-state index in [2.05, 4.69) is 10.3 Å². The van der Waals surface area contributed by atoms with E-state index in [0.717, 1.165) is 60.0 Å². The van der Waals surface area contributed by atoms with Gasteiger partial charge in [-0.05, 0) is 74.1 Å². The molecule has 1 aromatic heterocycles. The number of H-pyrrole nitrogens is 1. The normalized spacial score (nSPS) is 20.6. The van der Waals surface area contributed by atoms with Crippen molar-refractivity contribution in [3.8, 4) is 11.5 Å². The number of carbonyl (C=O) groups excluding carboxylic acids is 1. The van der Waals surface area contributed by atoms with Crippen LogP contribution in [-0.4, -0.2) is 40.3 Å². The summed E-state index contributed by atoms with van der Waals surface area (Å²) in [6.45, 7) is 0.764. The van der Waals surface area contributed by atoms with Crippen LogP contribution in [0.25, 0.3) is 10.9 Å². The molecule has 3 aromatic rings. The molecule has 1 atom stereocenters. The van der Waals surface area contributed by atoms with Gasteiger partial charge in [-0.1, -0.05) is 6.07 Å². The maximum absolute atomic E-state index is 13.2. The lowest BCUT2D eigenvalue weighted by molar-refractivity contribution is -0.118. The standard InChI is InChI=1S/C25H25N3O5/c29-23(25(8-9-25)16-4-7-21-22(13-16)33-14-32-21)26-17-5-6-18-15(11-17)12-19(27-18)20-3-1-2-10-28(20)24(30)31/h4-7,11-13,20,27H,1-3,8-10,14H2,(H,26,29)(H,30,31). The van der Waals surface area contributed by atoms with E-state index in [9.17, 15) is 14.7 Å². The highest BCUT2D eigenvalue weighted by Gasteiger charge is 2.51. The van der Waals surface area contributed by atoms with E-state index < -0.39 is 11.5 Å². The molecule has 2 fully saturated rings. The first kappa shape index (κ1) is 20.0. The number of fused-ring (bicyclic) bond motifs is 2. The molecule has 2 aromatic carbocycles. The number of aromatic nitrogens is 1. The van der Waals surface area contributed by atoms with Crippen molar-refractivity contribution in [1.82, 2.24) is 9.88 Å². The van der Waals surface area contributed by atoms with Crippen LogP contribution >= 0.6 is 0 Å². The van der Waals surface area contributed by atoms with Crippen molar-refractivity contribution in [2.24, 2.45) is 0 Å². The number of hydrogen-bond donors (Lipinski definition) is 3. The topological polar surface area (TPSA) is 104 Å². The van der Waals surface area contributed by atoms with Gasteiger partial charge < -0.3 is 24.9 Å². The number of ether oxygens (including phenoxy) is 2. The van der Waals surface area contributed by atoms with Gasteiger partial charge in [-0.3, -0.25) is 9.69 Å². The molecule has 1 saturated heterocycles. The number of carbonyl (C=O) groups is 2. The van der Waals surface area contributed by atoms with Gasteiger partial charge >= 0.3 is 6.09 Å². The second-order valence-electron chi connectivity index (χ2n) is 9.12. The van der Waals surface area contributed by atoms with Crippen LogP contribution in [0.3, 0.4) is 0 Å². The Kier molecular flexibility index (Phi) is 4.50. The molecule has 2 aliphatic heterocycles. The molecular weight excluding hydrogens is 422 g/mol. The van der Waals surface area contributed by atoms with Crippen molar-refractivity contribution in [2.45, 2.75) is 43.6 Å². The zero-order chi connectivity index (χ0) is 22.6. The highest BCUT2D eigenvalue weighted by Crippen LogP contribution is 2.51. The molecule has 1 saturated carbocycles. The third-order valence-electron chi connectivity index (χ3n) is 7.12. The van der Waals surface area contributed by atoms with Gasteiger partial charge in [0, 0.05) is 28.8 Å². The van der Waals surface area contributed by atoms with Crippen molar-refractivity contribution < 1.29 is 24.2 Å². The molecule has 1 unspecified atom stereocenters. The average Bonchev–Trinajstić information content (AvgIpc) is 3.32. The number of rotatable bonds is 4. The maximum Gasteiger partial charge on any atom is 0.407 e. The molecule has 0 spiro atoms. The number of nitrogens with one attached hydrogen (secondary N) is 2. The number of hydrogen-bond acceptors (Lipinski definition) is 4. The molecule has 33 heavy (non-hydrogen) atoms. The molecule has 8 heteroatoms. The number of likely N-dealkylation sites (tertiary alicyclic amines) is 1. The lowest BCUT2D eigenvalue weighted by Gasteiger charge is -2.32. The van der Waals surface area contributed by atoms with Crippen LogP contribution in [0.2, 0.25) is 0 Å². The van der Waals surface area contributed by atoms with Crippen molar-refractivity contribution in [2.75, 3.05) is 18.7 Å². The molecule has 0 radical (unpaired) electrons. The summed E-state index contributed by atoms with van der Waals surface area (Å²) >= 11 is 0. The van der Waals surface area contributed by atoms with E-state index in [0.29, 0.717) is 18.0 Å². The van der Waals surface area contributed by atoms with Crippen molar-refractivity contribution in [1.29, 1.82) is 0 Å². The molecular formula is C25H25N3O5. The minimum atomic E-state index is -0.885. The summed E-state index contributed by atoms with van der Waals surface area (Å²) < 4.78 is 10.9. The summed E-state index contributed by atoms with van der Waals surface area (Å²) in [5.41, 5.74) is 2.96. The Morgan fingerprint density at radius 1 is 1.06 bits per heavy atom. The van der Waals surface area contributed by atoms with Gasteiger partial charge in [0.05, 0.1) is 11.5 Å². The van der Waals surface area contributed by atoms with Crippen molar-refractivity contribution in [3.63, 3.8) is 0 Å². The van der Waals surface area contributed by atoms with Crippen LogP contribution in [0.15, 0.2) is 42.5 Å². The average molecular weight is 447 g/mol. The number of benzene rings is 2. The number of anilines is 1. The number of piperidine rings is 1. The Morgan fingerprint density at radius 3 is 2.73 bits per heavy atom. The SMILES string of the molecule is O=C(O)N1CCCCC1c1cc2cc(NC(=O)C3(c4ccc5c(c4)OCO5)CC3)ccc2[nH]1. The zero-order valence-corrected chi connectivity index (χ0v) is 18.1.